The number of amides is 1. The number of likely N-dealkylation sites (tertiary alicyclic amines) is 1. The lowest BCUT2D eigenvalue weighted by Crippen LogP contribution is -2.44. The first-order valence-electron chi connectivity index (χ1n) is 18.1. The Labute approximate surface area is 300 Å². The van der Waals surface area contributed by atoms with Crippen molar-refractivity contribution in [3.8, 4) is 17.9 Å². The highest BCUT2D eigenvalue weighted by Gasteiger charge is 2.45. The van der Waals surface area contributed by atoms with Crippen LogP contribution in [0, 0.1) is 11.8 Å². The molecule has 0 aliphatic carbocycles. The van der Waals surface area contributed by atoms with Crippen molar-refractivity contribution in [3.05, 3.63) is 52.7 Å². The molecule has 7 rings (SSSR count). The molecule has 4 aliphatic rings. The third kappa shape index (κ3) is 7.08. The molecule has 1 atom stereocenters. The molecule has 0 spiro atoms. The average Bonchev–Trinajstić information content (AvgIpc) is 3.85. The van der Waals surface area contributed by atoms with Gasteiger partial charge in [-0.3, -0.25) is 14.5 Å². The van der Waals surface area contributed by atoms with Crippen molar-refractivity contribution in [2.24, 2.45) is 0 Å². The molecule has 3 aromatic rings. The van der Waals surface area contributed by atoms with E-state index >= 15 is 0 Å². The highest BCUT2D eigenvalue weighted by Crippen LogP contribution is 2.40. The van der Waals surface area contributed by atoms with Crippen LogP contribution in [0.4, 0.5) is 11.5 Å². The largest absolute Gasteiger partial charge is 0.462 e. The van der Waals surface area contributed by atoms with Crippen molar-refractivity contribution in [2.75, 3.05) is 56.2 Å². The molecule has 11 heteroatoms. The molecule has 1 aromatic heterocycles. The van der Waals surface area contributed by atoms with Gasteiger partial charge in [-0.1, -0.05) is 47.7 Å². The lowest BCUT2D eigenvalue weighted by molar-refractivity contribution is -0.146. The number of halogens is 1. The minimum absolute atomic E-state index is 0.00976. The van der Waals surface area contributed by atoms with Gasteiger partial charge in [-0.05, 0) is 83.0 Å². The summed E-state index contributed by atoms with van der Waals surface area (Å²) in [5.74, 6) is 6.15. The van der Waals surface area contributed by atoms with Crippen LogP contribution in [-0.4, -0.2) is 95.7 Å². The molecule has 1 unspecified atom stereocenters. The Kier molecular flexibility index (Phi) is 10.1. The summed E-state index contributed by atoms with van der Waals surface area (Å²) < 4.78 is 11.7. The molecular weight excluding hydrogens is 652 g/mol. The Morgan fingerprint density at radius 1 is 1.04 bits per heavy atom. The Morgan fingerprint density at radius 2 is 1.80 bits per heavy atom. The third-order valence-corrected chi connectivity index (χ3v) is 11.2. The highest BCUT2D eigenvalue weighted by atomic mass is 35.5. The van der Waals surface area contributed by atoms with Gasteiger partial charge >= 0.3 is 12.0 Å². The number of anilines is 2. The zero-order valence-corrected chi connectivity index (χ0v) is 30.2. The summed E-state index contributed by atoms with van der Waals surface area (Å²) in [6.45, 7) is 9.13. The van der Waals surface area contributed by atoms with Crippen LogP contribution >= 0.6 is 11.6 Å². The Hall–Kier alpha value is -4.07. The van der Waals surface area contributed by atoms with Crippen LogP contribution in [0.15, 0.2) is 36.4 Å². The van der Waals surface area contributed by atoms with Crippen LogP contribution in [-0.2, 0) is 27.3 Å². The first kappa shape index (κ1) is 34.4. The lowest BCUT2D eigenvalue weighted by Gasteiger charge is -2.35. The predicted octanol–water partition coefficient (Wildman–Crippen LogP) is 5.63. The van der Waals surface area contributed by atoms with Gasteiger partial charge in [0.25, 0.3) is 0 Å². The predicted molar refractivity (Wildman–Crippen MR) is 196 cm³/mol. The van der Waals surface area contributed by atoms with E-state index in [9.17, 15) is 9.59 Å². The van der Waals surface area contributed by atoms with E-state index in [0.29, 0.717) is 32.3 Å². The second kappa shape index (κ2) is 14.7. The number of esters is 1. The molecule has 10 nitrogen and oxygen atoms in total. The molecule has 50 heavy (non-hydrogen) atoms. The van der Waals surface area contributed by atoms with Crippen molar-refractivity contribution in [1.82, 2.24) is 19.8 Å². The first-order valence-corrected chi connectivity index (χ1v) is 18.4. The molecule has 5 heterocycles. The third-order valence-electron chi connectivity index (χ3n) is 10.8. The number of benzene rings is 2. The number of ether oxygens (including phenoxy) is 2. The van der Waals surface area contributed by atoms with Gasteiger partial charge in [-0.15, -0.1) is 0 Å². The number of likely N-dealkylation sites (N-methyl/N-ethyl adjacent to an activating group) is 1. The van der Waals surface area contributed by atoms with Gasteiger partial charge in [-0.25, -0.2) is 0 Å². The molecule has 2 aromatic carbocycles. The summed E-state index contributed by atoms with van der Waals surface area (Å²) in [4.78, 5) is 44.1. The van der Waals surface area contributed by atoms with Crippen molar-refractivity contribution in [2.45, 2.75) is 89.4 Å². The second-order valence-electron chi connectivity index (χ2n) is 14.4. The zero-order valence-electron chi connectivity index (χ0n) is 29.4. The fourth-order valence-electron chi connectivity index (χ4n) is 8.30. The van der Waals surface area contributed by atoms with Crippen molar-refractivity contribution in [1.29, 1.82) is 0 Å². The van der Waals surface area contributed by atoms with E-state index in [1.165, 1.54) is 12.8 Å². The Balaban J connectivity index is 1.11. The number of hydrogen-bond acceptors (Lipinski definition) is 9. The SMILES string of the molecule is CC(C)OC(=O)CC#CCC(=O)N1CCC(N(C)c2nc(OCC34CCCN3CCC4)nc3c2CCN(c2cccc4cccc(Cl)c24)C3)C1. The molecule has 0 bridgehead atoms. The molecular formula is C39H47ClN6O4. The smallest absolute Gasteiger partial charge is 0.318 e. The summed E-state index contributed by atoms with van der Waals surface area (Å²) in [6.07, 6.45) is 6.21. The van der Waals surface area contributed by atoms with E-state index in [4.69, 9.17) is 31.0 Å². The molecule has 4 aliphatic heterocycles. The molecule has 3 fully saturated rings. The summed E-state index contributed by atoms with van der Waals surface area (Å²) in [7, 11) is 2.08. The van der Waals surface area contributed by atoms with Crippen LogP contribution in [0.3, 0.4) is 0 Å². The topological polar surface area (TPSA) is 91.3 Å². The van der Waals surface area contributed by atoms with Crippen LogP contribution in [0.1, 0.15) is 70.1 Å². The number of fused-ring (bicyclic) bond motifs is 3. The molecule has 3 saturated heterocycles. The van der Waals surface area contributed by atoms with Crippen LogP contribution in [0.5, 0.6) is 6.01 Å². The summed E-state index contributed by atoms with van der Waals surface area (Å²) in [6, 6.07) is 12.9. The maximum atomic E-state index is 13.1. The highest BCUT2D eigenvalue weighted by molar-refractivity contribution is 6.36. The number of rotatable bonds is 9. The van der Waals surface area contributed by atoms with E-state index in [0.717, 1.165) is 83.9 Å². The van der Waals surface area contributed by atoms with Crippen molar-refractivity contribution < 1.29 is 19.1 Å². The van der Waals surface area contributed by atoms with Crippen molar-refractivity contribution in [3.63, 3.8) is 0 Å². The molecule has 0 saturated carbocycles. The fraction of sp³-hybridized carbons (Fsp3) is 0.538. The van der Waals surface area contributed by atoms with Crippen LogP contribution in [0.25, 0.3) is 10.8 Å². The fourth-order valence-corrected chi connectivity index (χ4v) is 8.58. The van der Waals surface area contributed by atoms with E-state index < -0.39 is 0 Å². The van der Waals surface area contributed by atoms with E-state index in [1.807, 2.05) is 17.0 Å². The quantitative estimate of drug-likeness (QED) is 0.209. The number of carbonyl (C=O) groups excluding carboxylic acids is 2. The number of hydrogen-bond donors (Lipinski definition) is 0. The van der Waals surface area contributed by atoms with E-state index in [2.05, 4.69) is 57.9 Å². The van der Waals surface area contributed by atoms with Gasteiger partial charge < -0.3 is 24.2 Å². The molecule has 0 radical (unpaired) electrons. The molecule has 264 valence electrons. The number of nitrogens with zero attached hydrogens (tertiary/aromatic N) is 6. The molecule has 1 amide bonds. The summed E-state index contributed by atoms with van der Waals surface area (Å²) in [5, 5.41) is 2.92. The van der Waals surface area contributed by atoms with Gasteiger partial charge in [0.1, 0.15) is 18.8 Å². The normalized spacial score (nSPS) is 19.7. The maximum absolute atomic E-state index is 13.1. The lowest BCUT2D eigenvalue weighted by atomic mass is 9.95. The van der Waals surface area contributed by atoms with Crippen LogP contribution in [0.2, 0.25) is 5.02 Å². The van der Waals surface area contributed by atoms with Gasteiger partial charge in [-0.2, -0.15) is 9.97 Å². The Morgan fingerprint density at radius 3 is 2.58 bits per heavy atom. The number of aromatic nitrogens is 2. The van der Waals surface area contributed by atoms with Gasteiger partial charge in [0, 0.05) is 49.4 Å². The summed E-state index contributed by atoms with van der Waals surface area (Å²) >= 11 is 6.75. The van der Waals surface area contributed by atoms with Crippen molar-refractivity contribution >= 4 is 45.8 Å². The first-order chi connectivity index (χ1) is 24.2. The van der Waals surface area contributed by atoms with Gasteiger partial charge in [0.15, 0.2) is 0 Å². The second-order valence-corrected chi connectivity index (χ2v) is 14.8. The van der Waals surface area contributed by atoms with Crippen LogP contribution < -0.4 is 14.5 Å². The average molecular weight is 699 g/mol. The minimum atomic E-state index is -0.369. The monoisotopic (exact) mass is 698 g/mol. The zero-order chi connectivity index (χ0) is 34.8. The number of carbonyl (C=O) groups is 2. The Bertz CT molecular complexity index is 1810. The van der Waals surface area contributed by atoms with Gasteiger partial charge in [0.05, 0.1) is 35.3 Å². The van der Waals surface area contributed by atoms with E-state index in [1.54, 1.807) is 13.8 Å². The summed E-state index contributed by atoms with van der Waals surface area (Å²) in [5.41, 5.74) is 3.29. The van der Waals surface area contributed by atoms with Gasteiger partial charge in [0.2, 0.25) is 5.91 Å². The molecule has 0 N–H and O–H groups in total. The maximum Gasteiger partial charge on any atom is 0.318 e. The minimum Gasteiger partial charge on any atom is -0.462 e. The standard InChI is InChI=1S/C39H47ClN6O4/c1-27(2)50-35(48)15-5-4-14-34(47)45-22-16-29(24-45)43(3)37-30-17-23-44(33-13-7-11-28-10-6-12-31(40)36(28)33)25-32(30)41-38(42-37)49-26-39-18-8-20-46(39)21-9-19-39/h6-7,10-13,27,29H,8-9,14-26H2,1-3H3. The van der Waals surface area contributed by atoms with E-state index in [-0.39, 0.29) is 42.4 Å².